The summed E-state index contributed by atoms with van der Waals surface area (Å²) in [6.07, 6.45) is 4.05. The van der Waals surface area contributed by atoms with Gasteiger partial charge in [0.05, 0.1) is 29.1 Å². The van der Waals surface area contributed by atoms with Crippen LogP contribution in [0.1, 0.15) is 69.4 Å². The second-order valence-corrected chi connectivity index (χ2v) is 9.12. The highest BCUT2D eigenvalue weighted by Gasteiger charge is 2.39. The molecule has 0 unspecified atom stereocenters. The molecule has 1 spiro atoms. The van der Waals surface area contributed by atoms with E-state index in [2.05, 4.69) is 5.32 Å². The van der Waals surface area contributed by atoms with E-state index >= 15 is 0 Å². The van der Waals surface area contributed by atoms with Crippen LogP contribution in [-0.4, -0.2) is 48.0 Å². The van der Waals surface area contributed by atoms with Gasteiger partial charge in [-0.1, -0.05) is 24.6 Å². The molecule has 0 bridgehead atoms. The van der Waals surface area contributed by atoms with Crippen molar-refractivity contribution in [3.8, 4) is 0 Å². The number of nitrogens with zero attached hydrogens (tertiary/aromatic N) is 2. The monoisotopic (exact) mass is 439 g/mol. The van der Waals surface area contributed by atoms with Crippen LogP contribution in [0.3, 0.4) is 0 Å². The fraction of sp³-hybridized carbons (Fsp3) is 0.560. The Morgan fingerprint density at radius 1 is 1.28 bits per heavy atom. The SMILES string of the molecule is CCc1nn(CCCOC(=O)c2ccc(C)cc2C)c2c1C(=O)NCC1(CCOCC1)C2. The molecule has 2 aliphatic rings. The number of hydrogen-bond donors (Lipinski definition) is 1. The molecule has 0 aliphatic carbocycles. The van der Waals surface area contributed by atoms with Crippen LogP contribution in [0.2, 0.25) is 0 Å². The molecule has 0 saturated carbocycles. The molecule has 2 aromatic rings. The number of carbonyl (C=O) groups excluding carboxylic acids is 2. The Bertz CT molecular complexity index is 1000. The molecule has 1 N–H and O–H groups in total. The highest BCUT2D eigenvalue weighted by Crippen LogP contribution is 2.37. The number of hydrogen-bond acceptors (Lipinski definition) is 5. The summed E-state index contributed by atoms with van der Waals surface area (Å²) in [4.78, 5) is 25.3. The minimum atomic E-state index is -0.295. The van der Waals surface area contributed by atoms with E-state index in [1.807, 2.05) is 43.7 Å². The van der Waals surface area contributed by atoms with Gasteiger partial charge in [-0.15, -0.1) is 0 Å². The fourth-order valence-corrected chi connectivity index (χ4v) is 4.86. The van der Waals surface area contributed by atoms with Gasteiger partial charge in [0.15, 0.2) is 0 Å². The third kappa shape index (κ3) is 4.58. The molecule has 1 amide bonds. The molecule has 7 heteroatoms. The van der Waals surface area contributed by atoms with Gasteiger partial charge in [-0.25, -0.2) is 4.79 Å². The Kier molecular flexibility index (Phi) is 6.65. The van der Waals surface area contributed by atoms with Crippen LogP contribution in [-0.2, 0) is 28.9 Å². The quantitative estimate of drug-likeness (QED) is 0.551. The zero-order valence-corrected chi connectivity index (χ0v) is 19.3. The smallest absolute Gasteiger partial charge is 0.338 e. The molecular formula is C25H33N3O4. The van der Waals surface area contributed by atoms with Gasteiger partial charge >= 0.3 is 5.97 Å². The van der Waals surface area contributed by atoms with Crippen molar-refractivity contribution in [1.29, 1.82) is 0 Å². The van der Waals surface area contributed by atoms with Crippen LogP contribution in [0.25, 0.3) is 0 Å². The Labute approximate surface area is 189 Å². The lowest BCUT2D eigenvalue weighted by atomic mass is 9.76. The number of esters is 1. The first-order valence-electron chi connectivity index (χ1n) is 11.6. The summed E-state index contributed by atoms with van der Waals surface area (Å²) in [6, 6.07) is 5.73. The Balaban J connectivity index is 1.45. The molecule has 0 atom stereocenters. The first-order chi connectivity index (χ1) is 15.4. The van der Waals surface area contributed by atoms with Gasteiger partial charge in [0.1, 0.15) is 0 Å². The summed E-state index contributed by atoms with van der Waals surface area (Å²) in [7, 11) is 0. The number of ether oxygens (including phenoxy) is 2. The van der Waals surface area contributed by atoms with Gasteiger partial charge in [-0.2, -0.15) is 5.10 Å². The average Bonchev–Trinajstić information content (AvgIpc) is 3.05. The van der Waals surface area contributed by atoms with Gasteiger partial charge in [-0.05, 0) is 56.6 Å². The lowest BCUT2D eigenvalue weighted by Gasteiger charge is -2.36. The number of fused-ring (bicyclic) bond motifs is 1. The highest BCUT2D eigenvalue weighted by atomic mass is 16.5. The summed E-state index contributed by atoms with van der Waals surface area (Å²) >= 11 is 0. The number of rotatable bonds is 6. The topological polar surface area (TPSA) is 82.5 Å². The van der Waals surface area contributed by atoms with E-state index in [1.54, 1.807) is 0 Å². The lowest BCUT2D eigenvalue weighted by Crippen LogP contribution is -2.40. The third-order valence-electron chi connectivity index (χ3n) is 6.76. The largest absolute Gasteiger partial charge is 0.462 e. The first-order valence-corrected chi connectivity index (χ1v) is 11.6. The van der Waals surface area contributed by atoms with Gasteiger partial charge < -0.3 is 14.8 Å². The average molecular weight is 440 g/mol. The van der Waals surface area contributed by atoms with Gasteiger partial charge in [0.2, 0.25) is 0 Å². The van der Waals surface area contributed by atoms with Crippen molar-refractivity contribution >= 4 is 11.9 Å². The maximum absolute atomic E-state index is 12.9. The molecule has 3 heterocycles. The molecule has 7 nitrogen and oxygen atoms in total. The van der Waals surface area contributed by atoms with E-state index in [1.165, 1.54) is 0 Å². The minimum Gasteiger partial charge on any atom is -0.462 e. The van der Waals surface area contributed by atoms with E-state index in [9.17, 15) is 9.59 Å². The van der Waals surface area contributed by atoms with Gasteiger partial charge in [0.25, 0.3) is 5.91 Å². The van der Waals surface area contributed by atoms with Crippen molar-refractivity contribution in [2.75, 3.05) is 26.4 Å². The van der Waals surface area contributed by atoms with E-state index < -0.39 is 0 Å². The molecule has 0 radical (unpaired) electrons. The van der Waals surface area contributed by atoms with E-state index in [-0.39, 0.29) is 17.3 Å². The maximum atomic E-state index is 12.9. The Hall–Kier alpha value is -2.67. The summed E-state index contributed by atoms with van der Waals surface area (Å²) < 4.78 is 13.1. The zero-order chi connectivity index (χ0) is 22.7. The standard InChI is InChI=1S/C25H33N3O4/c1-4-20-22-21(15-25(16-26-23(22)29)8-12-31-13-9-25)28(27-20)10-5-11-32-24(30)19-7-6-17(2)14-18(19)3/h6-7,14H,4-5,8-13,15-16H2,1-3H3,(H,26,29). The third-order valence-corrected chi connectivity index (χ3v) is 6.76. The van der Waals surface area contributed by atoms with Crippen LogP contribution in [0, 0.1) is 19.3 Å². The molecule has 4 rings (SSSR count). The number of benzene rings is 1. The zero-order valence-electron chi connectivity index (χ0n) is 19.3. The molecular weight excluding hydrogens is 406 g/mol. The summed E-state index contributed by atoms with van der Waals surface area (Å²) in [5.74, 6) is -0.315. The number of aryl methyl sites for hydroxylation is 4. The molecule has 1 fully saturated rings. The minimum absolute atomic E-state index is 0.0206. The summed E-state index contributed by atoms with van der Waals surface area (Å²) in [5, 5.41) is 7.90. The van der Waals surface area contributed by atoms with Crippen LogP contribution >= 0.6 is 0 Å². The van der Waals surface area contributed by atoms with Crippen molar-refractivity contribution in [2.45, 2.75) is 59.4 Å². The number of aromatic nitrogens is 2. The molecule has 1 saturated heterocycles. The molecule has 1 aromatic carbocycles. The molecule has 2 aliphatic heterocycles. The van der Waals surface area contributed by atoms with Gasteiger partial charge in [-0.3, -0.25) is 9.48 Å². The van der Waals surface area contributed by atoms with Crippen LogP contribution in [0.5, 0.6) is 0 Å². The summed E-state index contributed by atoms with van der Waals surface area (Å²) in [6.45, 7) is 9.02. The van der Waals surface area contributed by atoms with Gasteiger partial charge in [0, 0.05) is 32.7 Å². The first kappa shape index (κ1) is 22.5. The van der Waals surface area contributed by atoms with Crippen molar-refractivity contribution in [2.24, 2.45) is 5.41 Å². The second kappa shape index (κ2) is 9.45. The predicted octanol–water partition coefficient (Wildman–Crippen LogP) is 3.39. The van der Waals surface area contributed by atoms with Crippen LogP contribution in [0.15, 0.2) is 18.2 Å². The van der Waals surface area contributed by atoms with Crippen molar-refractivity contribution < 1.29 is 19.1 Å². The highest BCUT2D eigenvalue weighted by molar-refractivity contribution is 5.97. The van der Waals surface area contributed by atoms with Crippen molar-refractivity contribution in [3.63, 3.8) is 0 Å². The van der Waals surface area contributed by atoms with Crippen LogP contribution in [0.4, 0.5) is 0 Å². The van der Waals surface area contributed by atoms with Crippen molar-refractivity contribution in [1.82, 2.24) is 15.1 Å². The molecule has 172 valence electrons. The number of carbonyl (C=O) groups is 2. The van der Waals surface area contributed by atoms with E-state index in [0.29, 0.717) is 38.1 Å². The maximum Gasteiger partial charge on any atom is 0.338 e. The summed E-state index contributed by atoms with van der Waals surface area (Å²) in [5.41, 5.74) is 5.27. The normalized spacial score (nSPS) is 17.5. The molecule has 1 aromatic heterocycles. The number of nitrogens with one attached hydrogen (secondary N) is 1. The van der Waals surface area contributed by atoms with E-state index in [4.69, 9.17) is 14.6 Å². The second-order valence-electron chi connectivity index (χ2n) is 9.12. The number of amides is 1. The predicted molar refractivity (Wildman–Crippen MR) is 121 cm³/mol. The Morgan fingerprint density at radius 2 is 2.06 bits per heavy atom. The fourth-order valence-electron chi connectivity index (χ4n) is 4.86. The van der Waals surface area contributed by atoms with Crippen LogP contribution < -0.4 is 5.32 Å². The van der Waals surface area contributed by atoms with Crippen molar-refractivity contribution in [3.05, 3.63) is 51.8 Å². The Morgan fingerprint density at radius 3 is 2.78 bits per heavy atom. The van der Waals surface area contributed by atoms with E-state index in [0.717, 1.165) is 60.6 Å². The molecule has 32 heavy (non-hydrogen) atoms. The lowest BCUT2D eigenvalue weighted by molar-refractivity contribution is 0.0152.